The van der Waals surface area contributed by atoms with Crippen molar-refractivity contribution in [3.8, 4) is 0 Å². The standard InChI is InChI=1S/C27H36N2O2S3/c1-17(26(31)29-11-13-32-14-12-29)20-9-10-27(3)15-21-24(18(2)23(27)25(20)30)28-22(34-21)16-33-19-7-5-4-6-8-19/h4-8,17-18,20,23,25,30H,9-16H2,1-3H3/t17-,18+,20+,23+,25-,27+/m0/s1. The lowest BCUT2D eigenvalue weighted by molar-refractivity contribution is -0.144. The minimum Gasteiger partial charge on any atom is -0.392 e. The summed E-state index contributed by atoms with van der Waals surface area (Å²) in [5.41, 5.74) is 1.27. The maximum absolute atomic E-state index is 13.2. The fraction of sp³-hybridized carbons (Fsp3) is 0.630. The van der Waals surface area contributed by atoms with Crippen LogP contribution in [0.5, 0.6) is 0 Å². The van der Waals surface area contributed by atoms with Gasteiger partial charge in [-0.2, -0.15) is 11.8 Å². The second-order valence-corrected chi connectivity index (χ2v) is 14.0. The molecule has 1 aromatic heterocycles. The first kappa shape index (κ1) is 24.7. The van der Waals surface area contributed by atoms with Crippen LogP contribution in [0.15, 0.2) is 35.2 Å². The maximum Gasteiger partial charge on any atom is 0.225 e. The van der Waals surface area contributed by atoms with Gasteiger partial charge in [0, 0.05) is 46.2 Å². The predicted molar refractivity (Wildman–Crippen MR) is 144 cm³/mol. The Hall–Kier alpha value is -1.02. The number of nitrogens with zero attached hydrogens (tertiary/aromatic N) is 2. The van der Waals surface area contributed by atoms with Crippen molar-refractivity contribution in [1.82, 2.24) is 9.88 Å². The van der Waals surface area contributed by atoms with Crippen molar-refractivity contribution in [2.75, 3.05) is 24.6 Å². The molecule has 0 bridgehead atoms. The zero-order chi connectivity index (χ0) is 23.9. The third kappa shape index (κ3) is 4.70. The highest BCUT2D eigenvalue weighted by atomic mass is 32.2. The first-order chi connectivity index (χ1) is 16.4. The number of fused-ring (bicyclic) bond motifs is 2. The largest absolute Gasteiger partial charge is 0.392 e. The second kappa shape index (κ2) is 10.2. The van der Waals surface area contributed by atoms with Gasteiger partial charge in [0.05, 0.1) is 17.6 Å². The summed E-state index contributed by atoms with van der Waals surface area (Å²) in [6.07, 6.45) is 2.55. The molecule has 5 rings (SSSR count). The van der Waals surface area contributed by atoms with E-state index in [2.05, 4.69) is 51.1 Å². The first-order valence-electron chi connectivity index (χ1n) is 12.6. The van der Waals surface area contributed by atoms with Crippen LogP contribution in [0.4, 0.5) is 0 Å². The summed E-state index contributed by atoms with van der Waals surface area (Å²) in [7, 11) is 0. The van der Waals surface area contributed by atoms with Crippen molar-refractivity contribution in [2.24, 2.45) is 23.2 Å². The van der Waals surface area contributed by atoms with Crippen molar-refractivity contribution >= 4 is 40.8 Å². The molecule has 1 amide bonds. The molecule has 1 aliphatic heterocycles. The summed E-state index contributed by atoms with van der Waals surface area (Å²) in [6, 6.07) is 10.5. The Labute approximate surface area is 216 Å². The van der Waals surface area contributed by atoms with E-state index in [1.165, 1.54) is 20.5 Å². The third-order valence-electron chi connectivity index (χ3n) is 8.43. The highest BCUT2D eigenvalue weighted by Crippen LogP contribution is 2.57. The van der Waals surface area contributed by atoms with E-state index in [0.717, 1.165) is 49.6 Å². The first-order valence-corrected chi connectivity index (χ1v) is 15.5. The number of hydrogen-bond donors (Lipinski definition) is 1. The summed E-state index contributed by atoms with van der Waals surface area (Å²) in [4.78, 5) is 23.1. The molecule has 1 saturated carbocycles. The van der Waals surface area contributed by atoms with Crippen LogP contribution in [-0.4, -0.2) is 51.6 Å². The molecule has 0 spiro atoms. The molecule has 0 radical (unpaired) electrons. The zero-order valence-electron chi connectivity index (χ0n) is 20.4. The van der Waals surface area contributed by atoms with Crippen LogP contribution in [0.25, 0.3) is 0 Å². The van der Waals surface area contributed by atoms with E-state index in [9.17, 15) is 9.90 Å². The molecule has 6 atom stereocenters. The number of rotatable bonds is 5. The smallest absolute Gasteiger partial charge is 0.225 e. The van der Waals surface area contributed by atoms with E-state index in [1.807, 2.05) is 39.8 Å². The van der Waals surface area contributed by atoms with E-state index in [4.69, 9.17) is 4.98 Å². The van der Waals surface area contributed by atoms with Gasteiger partial charge in [0.25, 0.3) is 0 Å². The summed E-state index contributed by atoms with van der Waals surface area (Å²) in [6.45, 7) is 8.37. The molecule has 2 aromatic rings. The maximum atomic E-state index is 13.2. The van der Waals surface area contributed by atoms with Gasteiger partial charge in [0.2, 0.25) is 5.91 Å². The van der Waals surface area contributed by atoms with Crippen molar-refractivity contribution in [2.45, 2.75) is 62.7 Å². The topological polar surface area (TPSA) is 53.4 Å². The SMILES string of the molecule is C[C@H](C(=O)N1CCSCC1)[C@H]1CC[C@]2(C)Cc3sc(CSc4ccccc4)nc3[C@H](C)[C@@H]2[C@H]1O. The van der Waals surface area contributed by atoms with E-state index >= 15 is 0 Å². The van der Waals surface area contributed by atoms with E-state index in [0.29, 0.717) is 0 Å². The van der Waals surface area contributed by atoms with Crippen LogP contribution in [0, 0.1) is 23.2 Å². The lowest BCUT2D eigenvalue weighted by Crippen LogP contribution is -2.54. The van der Waals surface area contributed by atoms with Gasteiger partial charge in [0.15, 0.2) is 0 Å². The number of aliphatic hydroxyl groups excluding tert-OH is 1. The van der Waals surface area contributed by atoms with Gasteiger partial charge in [-0.05, 0) is 48.6 Å². The number of amides is 1. The molecule has 3 aliphatic rings. The summed E-state index contributed by atoms with van der Waals surface area (Å²) in [5.74, 6) is 3.48. The van der Waals surface area contributed by atoms with E-state index in [1.54, 1.807) is 0 Å². The molecule has 1 saturated heterocycles. The Bertz CT molecular complexity index is 1010. The number of aromatic nitrogens is 1. The molecule has 0 unspecified atom stereocenters. The Morgan fingerprint density at radius 3 is 2.76 bits per heavy atom. The number of carbonyl (C=O) groups excluding carboxylic acids is 1. The van der Waals surface area contributed by atoms with Crippen molar-refractivity contribution < 1.29 is 9.90 Å². The van der Waals surface area contributed by atoms with Crippen molar-refractivity contribution in [3.05, 3.63) is 45.9 Å². The van der Waals surface area contributed by atoms with Gasteiger partial charge in [0.1, 0.15) is 5.01 Å². The Morgan fingerprint density at radius 2 is 2.03 bits per heavy atom. The van der Waals surface area contributed by atoms with E-state index < -0.39 is 6.10 Å². The Morgan fingerprint density at radius 1 is 1.29 bits per heavy atom. The summed E-state index contributed by atoms with van der Waals surface area (Å²) >= 11 is 5.63. The van der Waals surface area contributed by atoms with Gasteiger partial charge in [-0.25, -0.2) is 4.98 Å². The number of thioether (sulfide) groups is 2. The molecule has 7 heteroatoms. The highest BCUT2D eigenvalue weighted by molar-refractivity contribution is 7.99. The normalized spacial score (nSPS) is 32.1. The molecular formula is C27H36N2O2S3. The third-order valence-corrected chi connectivity index (χ3v) is 11.6. The molecule has 184 valence electrons. The molecule has 2 aliphatic carbocycles. The second-order valence-electron chi connectivity index (χ2n) is 10.6. The van der Waals surface area contributed by atoms with Gasteiger partial charge in [-0.15, -0.1) is 23.1 Å². The Balaban J connectivity index is 1.32. The number of benzene rings is 1. The van der Waals surface area contributed by atoms with Gasteiger partial charge in [-0.3, -0.25) is 4.79 Å². The lowest BCUT2D eigenvalue weighted by Gasteiger charge is -2.53. The van der Waals surface area contributed by atoms with Crippen molar-refractivity contribution in [3.63, 3.8) is 0 Å². The van der Waals surface area contributed by atoms with Crippen LogP contribution in [0.3, 0.4) is 0 Å². The minimum absolute atomic E-state index is 0.0379. The van der Waals surface area contributed by atoms with Crippen LogP contribution in [0.1, 0.15) is 55.1 Å². The van der Waals surface area contributed by atoms with Crippen molar-refractivity contribution in [1.29, 1.82) is 0 Å². The minimum atomic E-state index is -0.455. The van der Waals surface area contributed by atoms with Crippen LogP contribution < -0.4 is 0 Å². The van der Waals surface area contributed by atoms with Gasteiger partial charge >= 0.3 is 0 Å². The summed E-state index contributed by atoms with van der Waals surface area (Å²) < 4.78 is 0. The average molecular weight is 517 g/mol. The fourth-order valence-electron chi connectivity index (χ4n) is 6.58. The monoisotopic (exact) mass is 516 g/mol. The number of aliphatic hydroxyl groups is 1. The number of hydrogen-bond acceptors (Lipinski definition) is 6. The predicted octanol–water partition coefficient (Wildman–Crippen LogP) is 5.70. The van der Waals surface area contributed by atoms with Crippen LogP contribution in [-0.2, 0) is 17.0 Å². The van der Waals surface area contributed by atoms with Crippen LogP contribution >= 0.6 is 34.9 Å². The average Bonchev–Trinajstić information content (AvgIpc) is 3.26. The van der Waals surface area contributed by atoms with Gasteiger partial charge < -0.3 is 10.0 Å². The molecule has 2 fully saturated rings. The fourth-order valence-corrected chi connectivity index (χ4v) is 9.76. The Kier molecular flexibility index (Phi) is 7.37. The number of carbonyl (C=O) groups is 1. The van der Waals surface area contributed by atoms with E-state index in [-0.39, 0.29) is 35.0 Å². The van der Waals surface area contributed by atoms with Gasteiger partial charge in [-0.1, -0.05) is 39.0 Å². The molecular weight excluding hydrogens is 481 g/mol. The zero-order valence-corrected chi connectivity index (χ0v) is 22.9. The highest BCUT2D eigenvalue weighted by Gasteiger charge is 2.54. The molecule has 34 heavy (non-hydrogen) atoms. The quantitative estimate of drug-likeness (QED) is 0.517. The van der Waals surface area contributed by atoms with Crippen LogP contribution in [0.2, 0.25) is 0 Å². The molecule has 4 nitrogen and oxygen atoms in total. The lowest BCUT2D eigenvalue weighted by atomic mass is 9.53. The summed E-state index contributed by atoms with van der Waals surface area (Å²) in [5, 5.41) is 12.9. The molecule has 2 heterocycles. The number of thiazole rings is 1. The molecule has 1 aromatic carbocycles. The molecule has 1 N–H and O–H groups in total.